The molecule has 15 heavy (non-hydrogen) atoms. The fourth-order valence-corrected chi connectivity index (χ4v) is 2.15. The summed E-state index contributed by atoms with van der Waals surface area (Å²) in [6.07, 6.45) is 5.78. The fraction of sp³-hybridized carbons (Fsp3) is 0.917. The zero-order chi connectivity index (χ0) is 11.3. The molecule has 0 amide bonds. The predicted octanol–water partition coefficient (Wildman–Crippen LogP) is 2.53. The van der Waals surface area contributed by atoms with Crippen LogP contribution >= 0.6 is 0 Å². The quantitative estimate of drug-likeness (QED) is 0.637. The Kier molecular flexibility index (Phi) is 4.74. The van der Waals surface area contributed by atoms with Crippen molar-refractivity contribution in [1.82, 2.24) is 0 Å². The van der Waals surface area contributed by atoms with E-state index in [1.807, 2.05) is 6.92 Å². The lowest BCUT2D eigenvalue weighted by atomic mass is 9.98. The SMILES string of the molecule is COC(C)(CCCC1CCCC1=O)OC. The van der Waals surface area contributed by atoms with Crippen molar-refractivity contribution in [3.8, 4) is 0 Å². The molecule has 1 aliphatic carbocycles. The highest BCUT2D eigenvalue weighted by Crippen LogP contribution is 2.28. The molecule has 1 atom stereocenters. The van der Waals surface area contributed by atoms with Crippen LogP contribution in [0.4, 0.5) is 0 Å². The number of ketones is 1. The minimum Gasteiger partial charge on any atom is -0.353 e. The number of hydrogen-bond acceptors (Lipinski definition) is 3. The average Bonchev–Trinajstić information content (AvgIpc) is 2.64. The molecule has 1 unspecified atom stereocenters. The lowest BCUT2D eigenvalue weighted by molar-refractivity contribution is -0.198. The summed E-state index contributed by atoms with van der Waals surface area (Å²) in [6.45, 7) is 1.93. The lowest BCUT2D eigenvalue weighted by Crippen LogP contribution is -2.29. The summed E-state index contributed by atoms with van der Waals surface area (Å²) in [7, 11) is 3.31. The maximum atomic E-state index is 11.4. The number of ether oxygens (including phenoxy) is 2. The fourth-order valence-electron chi connectivity index (χ4n) is 2.15. The molecular weight excluding hydrogens is 192 g/mol. The molecule has 0 aromatic carbocycles. The van der Waals surface area contributed by atoms with Crippen molar-refractivity contribution in [3.63, 3.8) is 0 Å². The molecule has 1 rings (SSSR count). The topological polar surface area (TPSA) is 35.5 Å². The molecule has 0 aromatic rings. The van der Waals surface area contributed by atoms with Gasteiger partial charge in [0.1, 0.15) is 5.78 Å². The first kappa shape index (κ1) is 12.7. The zero-order valence-corrected chi connectivity index (χ0v) is 10.0. The summed E-state index contributed by atoms with van der Waals surface area (Å²) in [5.41, 5.74) is 0. The second kappa shape index (κ2) is 5.61. The van der Waals surface area contributed by atoms with Crippen LogP contribution < -0.4 is 0 Å². The van der Waals surface area contributed by atoms with Crippen LogP contribution in [0.25, 0.3) is 0 Å². The summed E-state index contributed by atoms with van der Waals surface area (Å²) in [4.78, 5) is 11.4. The third-order valence-corrected chi connectivity index (χ3v) is 3.48. The molecule has 88 valence electrons. The third kappa shape index (κ3) is 3.58. The summed E-state index contributed by atoms with van der Waals surface area (Å²) >= 11 is 0. The first-order valence-electron chi connectivity index (χ1n) is 5.74. The van der Waals surface area contributed by atoms with Crippen LogP contribution in [0, 0.1) is 5.92 Å². The molecule has 1 saturated carbocycles. The molecule has 3 heteroatoms. The number of rotatable bonds is 6. The van der Waals surface area contributed by atoms with E-state index in [-0.39, 0.29) is 0 Å². The van der Waals surface area contributed by atoms with Crippen molar-refractivity contribution in [2.45, 2.75) is 51.2 Å². The number of hydrogen-bond donors (Lipinski definition) is 0. The van der Waals surface area contributed by atoms with Crippen LogP contribution in [-0.2, 0) is 14.3 Å². The van der Waals surface area contributed by atoms with E-state index in [1.54, 1.807) is 14.2 Å². The van der Waals surface area contributed by atoms with E-state index in [9.17, 15) is 4.79 Å². The first-order valence-corrected chi connectivity index (χ1v) is 5.74. The molecular formula is C12H22O3. The molecule has 0 saturated heterocycles. The highest BCUT2D eigenvalue weighted by atomic mass is 16.7. The smallest absolute Gasteiger partial charge is 0.164 e. The standard InChI is InChI=1S/C12H22O3/c1-12(14-2,15-3)9-5-7-10-6-4-8-11(10)13/h10H,4-9H2,1-3H3. The van der Waals surface area contributed by atoms with Gasteiger partial charge in [-0.25, -0.2) is 0 Å². The van der Waals surface area contributed by atoms with Crippen LogP contribution in [0.1, 0.15) is 45.4 Å². The number of carbonyl (C=O) groups excluding carboxylic acids is 1. The van der Waals surface area contributed by atoms with Crippen molar-refractivity contribution in [1.29, 1.82) is 0 Å². The summed E-state index contributed by atoms with van der Waals surface area (Å²) < 4.78 is 10.5. The highest BCUT2D eigenvalue weighted by Gasteiger charge is 2.26. The van der Waals surface area contributed by atoms with Gasteiger partial charge in [-0.3, -0.25) is 4.79 Å². The van der Waals surface area contributed by atoms with Gasteiger partial charge in [0.05, 0.1) is 0 Å². The van der Waals surface area contributed by atoms with E-state index in [2.05, 4.69) is 0 Å². The van der Waals surface area contributed by atoms with Gasteiger partial charge < -0.3 is 9.47 Å². The van der Waals surface area contributed by atoms with Crippen molar-refractivity contribution < 1.29 is 14.3 Å². The Bertz CT molecular complexity index is 209. The van der Waals surface area contributed by atoms with Gasteiger partial charge in [-0.2, -0.15) is 0 Å². The molecule has 0 radical (unpaired) electrons. The second-order valence-electron chi connectivity index (χ2n) is 4.49. The maximum absolute atomic E-state index is 11.4. The summed E-state index contributed by atoms with van der Waals surface area (Å²) in [5.74, 6) is 0.274. The van der Waals surface area contributed by atoms with Crippen LogP contribution in [0.5, 0.6) is 0 Å². The van der Waals surface area contributed by atoms with Crippen LogP contribution in [0.15, 0.2) is 0 Å². The Hall–Kier alpha value is -0.410. The van der Waals surface area contributed by atoms with Gasteiger partial charge >= 0.3 is 0 Å². The second-order valence-corrected chi connectivity index (χ2v) is 4.49. The third-order valence-electron chi connectivity index (χ3n) is 3.48. The monoisotopic (exact) mass is 214 g/mol. The molecule has 1 fully saturated rings. The summed E-state index contributed by atoms with van der Waals surface area (Å²) in [6, 6.07) is 0. The van der Waals surface area contributed by atoms with Gasteiger partial charge in [0, 0.05) is 33.0 Å². The lowest BCUT2D eigenvalue weighted by Gasteiger charge is -2.26. The Labute approximate surface area is 92.1 Å². The average molecular weight is 214 g/mol. The van der Waals surface area contributed by atoms with Gasteiger partial charge in [-0.05, 0) is 32.6 Å². The largest absolute Gasteiger partial charge is 0.353 e. The number of methoxy groups -OCH3 is 2. The van der Waals surface area contributed by atoms with E-state index in [0.717, 1.165) is 38.5 Å². The molecule has 1 aliphatic rings. The van der Waals surface area contributed by atoms with E-state index in [0.29, 0.717) is 11.7 Å². The van der Waals surface area contributed by atoms with Gasteiger partial charge in [0.2, 0.25) is 0 Å². The first-order chi connectivity index (χ1) is 7.11. The van der Waals surface area contributed by atoms with Crippen molar-refractivity contribution in [2.24, 2.45) is 5.92 Å². The highest BCUT2D eigenvalue weighted by molar-refractivity contribution is 5.82. The van der Waals surface area contributed by atoms with Gasteiger partial charge in [0.25, 0.3) is 0 Å². The van der Waals surface area contributed by atoms with Crippen molar-refractivity contribution in [2.75, 3.05) is 14.2 Å². The predicted molar refractivity (Wildman–Crippen MR) is 58.6 cm³/mol. The number of Topliss-reactive ketones (excluding diaryl/α,β-unsaturated/α-hetero) is 1. The van der Waals surface area contributed by atoms with E-state index >= 15 is 0 Å². The van der Waals surface area contributed by atoms with Crippen molar-refractivity contribution in [3.05, 3.63) is 0 Å². The Morgan fingerprint density at radius 2 is 2.07 bits per heavy atom. The molecule has 0 aliphatic heterocycles. The van der Waals surface area contributed by atoms with Gasteiger partial charge in [0.15, 0.2) is 5.79 Å². The van der Waals surface area contributed by atoms with E-state index < -0.39 is 5.79 Å². The molecule has 0 aromatic heterocycles. The minimum absolute atomic E-state index is 0.308. The molecule has 0 N–H and O–H groups in total. The Morgan fingerprint density at radius 1 is 1.40 bits per heavy atom. The van der Waals surface area contributed by atoms with E-state index in [4.69, 9.17) is 9.47 Å². The van der Waals surface area contributed by atoms with E-state index in [1.165, 1.54) is 0 Å². The Balaban J connectivity index is 2.23. The molecule has 0 heterocycles. The molecule has 0 bridgehead atoms. The van der Waals surface area contributed by atoms with Crippen LogP contribution in [0.2, 0.25) is 0 Å². The van der Waals surface area contributed by atoms with Gasteiger partial charge in [-0.15, -0.1) is 0 Å². The normalized spacial score (nSPS) is 22.3. The zero-order valence-electron chi connectivity index (χ0n) is 10.0. The molecule has 0 spiro atoms. The number of carbonyl (C=O) groups is 1. The van der Waals surface area contributed by atoms with Crippen LogP contribution in [0.3, 0.4) is 0 Å². The molecule has 3 nitrogen and oxygen atoms in total. The van der Waals surface area contributed by atoms with Gasteiger partial charge in [-0.1, -0.05) is 0 Å². The van der Waals surface area contributed by atoms with Crippen molar-refractivity contribution >= 4 is 5.78 Å². The summed E-state index contributed by atoms with van der Waals surface area (Å²) in [5, 5.41) is 0. The maximum Gasteiger partial charge on any atom is 0.164 e. The minimum atomic E-state index is -0.484. The Morgan fingerprint density at radius 3 is 2.53 bits per heavy atom. The van der Waals surface area contributed by atoms with Crippen LogP contribution in [-0.4, -0.2) is 25.8 Å².